The molecule has 6 nitrogen and oxygen atoms in total. The van der Waals surface area contributed by atoms with E-state index in [0.717, 1.165) is 28.1 Å². The zero-order chi connectivity index (χ0) is 19.6. The van der Waals surface area contributed by atoms with Crippen LogP contribution in [-0.2, 0) is 16.1 Å². The van der Waals surface area contributed by atoms with Crippen LogP contribution in [-0.4, -0.2) is 33.5 Å². The molecule has 2 heterocycles. The minimum absolute atomic E-state index is 0.00537. The molecule has 2 atom stereocenters. The Morgan fingerprint density at radius 3 is 2.67 bits per heavy atom. The number of rotatable bonds is 5. The number of hydrogen-bond donors (Lipinski definition) is 2. The van der Waals surface area contributed by atoms with Crippen molar-refractivity contribution >= 4 is 11.8 Å². The van der Waals surface area contributed by atoms with E-state index in [4.69, 9.17) is 0 Å². The number of likely N-dealkylation sites (tertiary alicyclic amines) is 1. The van der Waals surface area contributed by atoms with Gasteiger partial charge in [0.25, 0.3) is 0 Å². The van der Waals surface area contributed by atoms with Gasteiger partial charge in [0, 0.05) is 30.8 Å². The van der Waals surface area contributed by atoms with Gasteiger partial charge in [-0.05, 0) is 45.2 Å². The molecule has 1 saturated heterocycles. The van der Waals surface area contributed by atoms with Crippen molar-refractivity contribution in [3.8, 4) is 0 Å². The summed E-state index contributed by atoms with van der Waals surface area (Å²) >= 11 is 0. The largest absolute Gasteiger partial charge is 0.352 e. The van der Waals surface area contributed by atoms with Crippen molar-refractivity contribution in [2.45, 2.75) is 53.1 Å². The van der Waals surface area contributed by atoms with Gasteiger partial charge in [-0.15, -0.1) is 0 Å². The van der Waals surface area contributed by atoms with Gasteiger partial charge in [-0.3, -0.25) is 14.7 Å². The van der Waals surface area contributed by atoms with E-state index in [-0.39, 0.29) is 23.8 Å². The molecule has 27 heavy (non-hydrogen) atoms. The normalized spacial score (nSPS) is 20.0. The van der Waals surface area contributed by atoms with Crippen LogP contribution in [0.25, 0.3) is 0 Å². The standard InChI is InChI=1S/C21H28N4O2/c1-5-25-19(26)11-10-17(20(25)16-9-7-6-8-13(16)2)21(27)22-12-18-14(3)23-24-15(18)4/h6-9,17,20H,5,10-12H2,1-4H3,(H,22,27)(H,23,24)/t17-,20+/m1/s1. The number of H-pyrrole nitrogens is 1. The predicted molar refractivity (Wildman–Crippen MR) is 104 cm³/mol. The number of nitrogens with zero attached hydrogens (tertiary/aromatic N) is 2. The molecule has 1 aromatic carbocycles. The predicted octanol–water partition coefficient (Wildman–Crippen LogP) is 2.95. The van der Waals surface area contributed by atoms with Gasteiger partial charge in [-0.2, -0.15) is 5.10 Å². The minimum atomic E-state index is -0.253. The van der Waals surface area contributed by atoms with Crippen LogP contribution in [0.1, 0.15) is 53.9 Å². The second-order valence-corrected chi connectivity index (χ2v) is 7.26. The molecule has 0 unspecified atom stereocenters. The molecule has 0 bridgehead atoms. The van der Waals surface area contributed by atoms with Gasteiger partial charge in [0.05, 0.1) is 17.7 Å². The highest BCUT2D eigenvalue weighted by molar-refractivity contribution is 5.85. The molecule has 2 aromatic rings. The van der Waals surface area contributed by atoms with Crippen molar-refractivity contribution in [1.29, 1.82) is 0 Å². The van der Waals surface area contributed by atoms with E-state index in [1.807, 2.05) is 56.9 Å². The maximum Gasteiger partial charge on any atom is 0.225 e. The molecule has 6 heteroatoms. The lowest BCUT2D eigenvalue weighted by molar-refractivity contribution is -0.143. The maximum absolute atomic E-state index is 13.1. The van der Waals surface area contributed by atoms with Gasteiger partial charge in [0.15, 0.2) is 0 Å². The van der Waals surface area contributed by atoms with Crippen molar-refractivity contribution in [1.82, 2.24) is 20.4 Å². The molecule has 144 valence electrons. The molecule has 2 N–H and O–H groups in total. The third-order valence-electron chi connectivity index (χ3n) is 5.61. The molecule has 0 spiro atoms. The van der Waals surface area contributed by atoms with Crippen LogP contribution in [0.5, 0.6) is 0 Å². The van der Waals surface area contributed by atoms with E-state index >= 15 is 0 Å². The van der Waals surface area contributed by atoms with Gasteiger partial charge in [0.1, 0.15) is 0 Å². The summed E-state index contributed by atoms with van der Waals surface area (Å²) in [6.07, 6.45) is 0.988. The molecule has 0 aliphatic carbocycles. The fourth-order valence-electron chi connectivity index (χ4n) is 4.04. The summed E-state index contributed by atoms with van der Waals surface area (Å²) in [5.41, 5.74) is 5.06. The zero-order valence-electron chi connectivity index (χ0n) is 16.5. The van der Waals surface area contributed by atoms with Gasteiger partial charge in [0.2, 0.25) is 11.8 Å². The number of nitrogens with one attached hydrogen (secondary N) is 2. The van der Waals surface area contributed by atoms with E-state index in [2.05, 4.69) is 15.5 Å². The molecule has 0 saturated carbocycles. The van der Waals surface area contributed by atoms with Crippen molar-refractivity contribution in [3.05, 3.63) is 52.3 Å². The third kappa shape index (κ3) is 3.75. The Morgan fingerprint density at radius 2 is 2.04 bits per heavy atom. The highest BCUT2D eigenvalue weighted by atomic mass is 16.2. The van der Waals surface area contributed by atoms with Crippen LogP contribution in [0, 0.1) is 26.7 Å². The lowest BCUT2D eigenvalue weighted by Gasteiger charge is -2.41. The molecule has 1 aromatic heterocycles. The fraction of sp³-hybridized carbons (Fsp3) is 0.476. The Balaban J connectivity index is 1.86. The van der Waals surface area contributed by atoms with Gasteiger partial charge >= 0.3 is 0 Å². The van der Waals surface area contributed by atoms with E-state index in [1.165, 1.54) is 0 Å². The number of amides is 2. The Morgan fingerprint density at radius 1 is 1.30 bits per heavy atom. The first kappa shape index (κ1) is 19.1. The van der Waals surface area contributed by atoms with Crippen LogP contribution >= 0.6 is 0 Å². The summed E-state index contributed by atoms with van der Waals surface area (Å²) in [5.74, 6) is -0.137. The average Bonchev–Trinajstić information content (AvgIpc) is 2.97. The first-order chi connectivity index (χ1) is 12.9. The summed E-state index contributed by atoms with van der Waals surface area (Å²) in [7, 11) is 0. The van der Waals surface area contributed by atoms with Crippen molar-refractivity contribution in [2.75, 3.05) is 6.54 Å². The fourth-order valence-corrected chi connectivity index (χ4v) is 4.04. The molecule has 3 rings (SSSR count). The van der Waals surface area contributed by atoms with E-state index in [0.29, 0.717) is 25.9 Å². The number of aryl methyl sites for hydroxylation is 3. The van der Waals surface area contributed by atoms with Crippen LogP contribution in [0.2, 0.25) is 0 Å². The first-order valence-electron chi connectivity index (χ1n) is 9.57. The number of piperidine rings is 1. The summed E-state index contributed by atoms with van der Waals surface area (Å²) in [4.78, 5) is 27.5. The molecule has 0 radical (unpaired) electrons. The van der Waals surface area contributed by atoms with Crippen LogP contribution in [0.15, 0.2) is 24.3 Å². The van der Waals surface area contributed by atoms with Crippen molar-refractivity contribution < 1.29 is 9.59 Å². The van der Waals surface area contributed by atoms with E-state index in [1.54, 1.807) is 0 Å². The van der Waals surface area contributed by atoms with E-state index < -0.39 is 0 Å². The van der Waals surface area contributed by atoms with Crippen molar-refractivity contribution in [3.63, 3.8) is 0 Å². The minimum Gasteiger partial charge on any atom is -0.352 e. The van der Waals surface area contributed by atoms with E-state index in [9.17, 15) is 9.59 Å². The molecular weight excluding hydrogens is 340 g/mol. The summed E-state index contributed by atoms with van der Waals surface area (Å²) in [6.45, 7) is 8.94. The Bertz CT molecular complexity index is 823. The Hall–Kier alpha value is -2.63. The van der Waals surface area contributed by atoms with Gasteiger partial charge < -0.3 is 10.2 Å². The molecule has 1 aliphatic rings. The zero-order valence-corrected chi connectivity index (χ0v) is 16.5. The maximum atomic E-state index is 13.1. The highest BCUT2D eigenvalue weighted by Gasteiger charge is 2.40. The van der Waals surface area contributed by atoms with Crippen molar-refractivity contribution in [2.24, 2.45) is 5.92 Å². The number of aromatic amines is 1. The summed E-state index contributed by atoms with van der Waals surface area (Å²) < 4.78 is 0. The topological polar surface area (TPSA) is 78.1 Å². The average molecular weight is 368 g/mol. The molecule has 1 aliphatic heterocycles. The Kier molecular flexibility index (Phi) is 5.63. The molecule has 1 fully saturated rings. The lowest BCUT2D eigenvalue weighted by atomic mass is 9.82. The smallest absolute Gasteiger partial charge is 0.225 e. The number of hydrogen-bond acceptors (Lipinski definition) is 3. The highest BCUT2D eigenvalue weighted by Crippen LogP contribution is 2.38. The van der Waals surface area contributed by atoms with Gasteiger partial charge in [-0.1, -0.05) is 24.3 Å². The first-order valence-corrected chi connectivity index (χ1v) is 9.57. The van der Waals surface area contributed by atoms with Crippen LogP contribution in [0.4, 0.5) is 0 Å². The lowest BCUT2D eigenvalue weighted by Crippen LogP contribution is -2.48. The van der Waals surface area contributed by atoms with Gasteiger partial charge in [-0.25, -0.2) is 0 Å². The number of carbonyl (C=O) groups is 2. The third-order valence-corrected chi connectivity index (χ3v) is 5.61. The summed E-state index contributed by atoms with van der Waals surface area (Å²) in [6, 6.07) is 7.81. The summed E-state index contributed by atoms with van der Waals surface area (Å²) in [5, 5.41) is 10.2. The second-order valence-electron chi connectivity index (χ2n) is 7.26. The van der Waals surface area contributed by atoms with Crippen LogP contribution < -0.4 is 5.32 Å². The molecule has 2 amide bonds. The Labute approximate surface area is 160 Å². The molecular formula is C21H28N4O2. The second kappa shape index (κ2) is 7.94. The SMILES string of the molecule is CCN1C(=O)CC[C@@H](C(=O)NCc2c(C)n[nH]c2C)[C@@H]1c1ccccc1C. The quantitative estimate of drug-likeness (QED) is 0.852. The number of carbonyl (C=O) groups excluding carboxylic acids is 2. The number of benzene rings is 1. The number of aromatic nitrogens is 2. The monoisotopic (exact) mass is 368 g/mol. The van der Waals surface area contributed by atoms with Crippen LogP contribution in [0.3, 0.4) is 0 Å².